The molecule has 0 aliphatic rings. The third-order valence-corrected chi connectivity index (χ3v) is 7.31. The summed E-state index contributed by atoms with van der Waals surface area (Å²) in [6, 6.07) is 31.1. The van der Waals surface area contributed by atoms with Gasteiger partial charge in [0.05, 0.1) is 19.8 Å². The Morgan fingerprint density at radius 2 is 0.897 bits per heavy atom. The SMILES string of the molecule is NCCC[Si](OCc1ccccc1)(OCc1ccccc1)OCc1ccccc1. The van der Waals surface area contributed by atoms with Crippen LogP contribution >= 0.6 is 0 Å². The number of rotatable bonds is 12. The Hall–Kier alpha value is -2.28. The van der Waals surface area contributed by atoms with Gasteiger partial charge in [0.1, 0.15) is 0 Å². The number of hydrogen-bond acceptors (Lipinski definition) is 4. The van der Waals surface area contributed by atoms with Crippen LogP contribution in [0.15, 0.2) is 91.0 Å². The van der Waals surface area contributed by atoms with Gasteiger partial charge in [-0.05, 0) is 29.7 Å². The second kappa shape index (κ2) is 11.7. The highest BCUT2D eigenvalue weighted by molar-refractivity contribution is 6.60. The van der Waals surface area contributed by atoms with Crippen LogP contribution < -0.4 is 5.73 Å². The summed E-state index contributed by atoms with van der Waals surface area (Å²) >= 11 is 0. The van der Waals surface area contributed by atoms with E-state index in [2.05, 4.69) is 36.4 Å². The van der Waals surface area contributed by atoms with Crippen molar-refractivity contribution in [3.05, 3.63) is 108 Å². The molecule has 0 amide bonds. The summed E-state index contributed by atoms with van der Waals surface area (Å²) in [7, 11) is -2.94. The summed E-state index contributed by atoms with van der Waals surface area (Å²) in [5.41, 5.74) is 9.12. The topological polar surface area (TPSA) is 53.7 Å². The summed E-state index contributed by atoms with van der Waals surface area (Å²) in [5.74, 6) is 0. The third kappa shape index (κ3) is 7.23. The first-order chi connectivity index (χ1) is 14.3. The maximum atomic E-state index is 6.40. The Labute approximate surface area is 174 Å². The second-order valence-electron chi connectivity index (χ2n) is 6.90. The van der Waals surface area contributed by atoms with E-state index < -0.39 is 8.80 Å². The molecule has 0 unspecified atom stereocenters. The molecule has 0 saturated heterocycles. The van der Waals surface area contributed by atoms with Crippen LogP contribution in [0.3, 0.4) is 0 Å². The minimum absolute atomic E-state index is 0.460. The highest BCUT2D eigenvalue weighted by Gasteiger charge is 2.41. The van der Waals surface area contributed by atoms with Gasteiger partial charge in [-0.2, -0.15) is 0 Å². The number of nitrogens with two attached hydrogens (primary N) is 1. The lowest BCUT2D eigenvalue weighted by molar-refractivity contribution is 0.0424. The average molecular weight is 408 g/mol. The lowest BCUT2D eigenvalue weighted by Crippen LogP contribution is -2.45. The molecule has 0 heterocycles. The molecule has 3 rings (SSSR count). The molecular weight excluding hydrogens is 378 g/mol. The molecule has 152 valence electrons. The van der Waals surface area contributed by atoms with Crippen molar-refractivity contribution in [1.29, 1.82) is 0 Å². The number of hydrogen-bond donors (Lipinski definition) is 1. The minimum Gasteiger partial charge on any atom is -0.369 e. The molecule has 0 aliphatic carbocycles. The van der Waals surface area contributed by atoms with E-state index in [0.29, 0.717) is 32.4 Å². The lowest BCUT2D eigenvalue weighted by Gasteiger charge is -2.30. The van der Waals surface area contributed by atoms with Crippen LogP contribution in [0.25, 0.3) is 0 Å². The van der Waals surface area contributed by atoms with Crippen molar-refractivity contribution in [1.82, 2.24) is 0 Å². The van der Waals surface area contributed by atoms with Crippen LogP contribution in [0.1, 0.15) is 23.1 Å². The Balaban J connectivity index is 1.75. The summed E-state index contributed by atoms with van der Waals surface area (Å²) < 4.78 is 19.2. The van der Waals surface area contributed by atoms with Crippen molar-refractivity contribution < 1.29 is 13.3 Å². The molecule has 0 spiro atoms. The molecule has 0 atom stereocenters. The monoisotopic (exact) mass is 407 g/mol. The van der Waals surface area contributed by atoms with Gasteiger partial charge in [0.2, 0.25) is 0 Å². The molecule has 0 saturated carbocycles. The standard InChI is InChI=1S/C24H29NO3Si/c25-17-10-18-29(26-19-22-11-4-1-5-12-22,27-20-23-13-6-2-7-14-23)28-21-24-15-8-3-9-16-24/h1-9,11-16H,10,17-21,25H2. The first kappa shape index (κ1) is 21.4. The molecule has 0 fully saturated rings. The number of benzene rings is 3. The van der Waals surface area contributed by atoms with Gasteiger partial charge in [0, 0.05) is 6.04 Å². The zero-order valence-electron chi connectivity index (χ0n) is 16.7. The fourth-order valence-electron chi connectivity index (χ4n) is 2.96. The van der Waals surface area contributed by atoms with Crippen LogP contribution in [0.5, 0.6) is 0 Å². The maximum Gasteiger partial charge on any atom is 0.501 e. The highest BCUT2D eigenvalue weighted by atomic mass is 28.4. The molecule has 4 nitrogen and oxygen atoms in total. The average Bonchev–Trinajstić information content (AvgIpc) is 2.80. The summed E-state index contributed by atoms with van der Waals surface area (Å²) in [5, 5.41) is 0. The molecule has 2 N–H and O–H groups in total. The van der Waals surface area contributed by atoms with E-state index in [1.54, 1.807) is 0 Å². The van der Waals surface area contributed by atoms with Gasteiger partial charge in [-0.25, -0.2) is 0 Å². The van der Waals surface area contributed by atoms with Crippen molar-refractivity contribution in [3.63, 3.8) is 0 Å². The largest absolute Gasteiger partial charge is 0.501 e. The second-order valence-corrected chi connectivity index (χ2v) is 9.63. The van der Waals surface area contributed by atoms with Gasteiger partial charge in [-0.1, -0.05) is 91.0 Å². The smallest absolute Gasteiger partial charge is 0.369 e. The van der Waals surface area contributed by atoms with Gasteiger partial charge in [0.25, 0.3) is 0 Å². The normalized spacial score (nSPS) is 11.5. The Kier molecular flexibility index (Phi) is 8.61. The molecular formula is C24H29NO3Si. The van der Waals surface area contributed by atoms with E-state index >= 15 is 0 Å². The van der Waals surface area contributed by atoms with Crippen LogP contribution in [0.2, 0.25) is 6.04 Å². The van der Waals surface area contributed by atoms with E-state index in [9.17, 15) is 0 Å². The van der Waals surface area contributed by atoms with Crippen molar-refractivity contribution in [2.24, 2.45) is 5.73 Å². The van der Waals surface area contributed by atoms with Crippen LogP contribution in [0, 0.1) is 0 Å². The highest BCUT2D eigenvalue weighted by Crippen LogP contribution is 2.23. The van der Waals surface area contributed by atoms with Crippen LogP contribution in [0.4, 0.5) is 0 Å². The molecule has 0 aliphatic heterocycles. The minimum atomic E-state index is -2.94. The molecule has 0 radical (unpaired) electrons. The molecule has 5 heteroatoms. The van der Waals surface area contributed by atoms with Crippen molar-refractivity contribution >= 4 is 8.80 Å². The molecule has 0 bridgehead atoms. The van der Waals surface area contributed by atoms with Gasteiger partial charge < -0.3 is 19.0 Å². The van der Waals surface area contributed by atoms with Crippen molar-refractivity contribution in [2.45, 2.75) is 32.3 Å². The first-order valence-electron chi connectivity index (χ1n) is 10.0. The molecule has 0 aromatic heterocycles. The molecule has 3 aromatic rings. The fourth-order valence-corrected chi connectivity index (χ4v) is 5.44. The lowest BCUT2D eigenvalue weighted by atomic mass is 10.2. The molecule has 29 heavy (non-hydrogen) atoms. The summed E-state index contributed by atoms with van der Waals surface area (Å²) in [4.78, 5) is 0. The van der Waals surface area contributed by atoms with Gasteiger partial charge in [0.15, 0.2) is 0 Å². The predicted molar refractivity (Wildman–Crippen MR) is 118 cm³/mol. The van der Waals surface area contributed by atoms with Crippen LogP contribution in [-0.4, -0.2) is 15.3 Å². The summed E-state index contributed by atoms with van der Waals surface area (Å²) in [6.07, 6.45) is 0.796. The predicted octanol–water partition coefficient (Wildman–Crippen LogP) is 4.92. The van der Waals surface area contributed by atoms with E-state index in [0.717, 1.165) is 23.1 Å². The summed E-state index contributed by atoms with van der Waals surface area (Å²) in [6.45, 7) is 1.95. The maximum absolute atomic E-state index is 6.40. The van der Waals surface area contributed by atoms with E-state index in [1.807, 2.05) is 54.6 Å². The Morgan fingerprint density at radius 1 is 0.552 bits per heavy atom. The first-order valence-corrected chi connectivity index (χ1v) is 12.0. The van der Waals surface area contributed by atoms with Gasteiger partial charge in [-0.3, -0.25) is 0 Å². The van der Waals surface area contributed by atoms with Crippen molar-refractivity contribution in [3.8, 4) is 0 Å². The quantitative estimate of drug-likeness (QED) is 0.433. The zero-order valence-corrected chi connectivity index (χ0v) is 17.7. The molecule has 3 aromatic carbocycles. The Morgan fingerprint density at radius 3 is 1.21 bits per heavy atom. The Bertz CT molecular complexity index is 709. The fraction of sp³-hybridized carbons (Fsp3) is 0.250. The zero-order chi connectivity index (χ0) is 20.2. The van der Waals surface area contributed by atoms with E-state index in [4.69, 9.17) is 19.0 Å². The van der Waals surface area contributed by atoms with E-state index in [-0.39, 0.29) is 0 Å². The van der Waals surface area contributed by atoms with Gasteiger partial charge >= 0.3 is 8.80 Å². The van der Waals surface area contributed by atoms with Crippen LogP contribution in [-0.2, 0) is 33.1 Å². The third-order valence-electron chi connectivity index (χ3n) is 4.59. The van der Waals surface area contributed by atoms with Gasteiger partial charge in [-0.15, -0.1) is 0 Å². The van der Waals surface area contributed by atoms with E-state index in [1.165, 1.54) is 0 Å². The van der Waals surface area contributed by atoms with Crippen molar-refractivity contribution in [2.75, 3.05) is 6.54 Å².